The topological polar surface area (TPSA) is 97.6 Å². The van der Waals surface area contributed by atoms with E-state index in [0.29, 0.717) is 18.7 Å². The van der Waals surface area contributed by atoms with E-state index in [0.717, 1.165) is 24.1 Å². The van der Waals surface area contributed by atoms with Gasteiger partial charge in [-0.3, -0.25) is 9.59 Å². The molecular weight excluding hydrogens is 336 g/mol. The number of rotatable bonds is 7. The fourth-order valence-electron chi connectivity index (χ4n) is 3.08. The monoisotopic (exact) mass is 358 g/mol. The molecule has 0 radical (unpaired) electrons. The maximum atomic E-state index is 13.0. The van der Waals surface area contributed by atoms with Crippen LogP contribution in [0.5, 0.6) is 0 Å². The average molecular weight is 358 g/mol. The number of nitrogens with zero attached hydrogens (tertiary/aromatic N) is 4. The number of aliphatic carboxylic acids is 1. The van der Waals surface area contributed by atoms with Crippen molar-refractivity contribution in [3.8, 4) is 5.69 Å². The zero-order valence-electron chi connectivity index (χ0n) is 14.7. The zero-order valence-corrected chi connectivity index (χ0v) is 14.7. The number of amides is 1. The van der Waals surface area contributed by atoms with E-state index in [-0.39, 0.29) is 25.0 Å². The first-order chi connectivity index (χ1) is 12.5. The number of hydrogen-bond acceptors (Lipinski definition) is 5. The van der Waals surface area contributed by atoms with Crippen molar-refractivity contribution in [2.75, 3.05) is 19.7 Å². The SMILES string of the molecule is Cc1cc(-n2cncn2)ccc1C(=O)N(CCC(=O)O)C[C@@H]1CCCO1. The molecule has 1 fully saturated rings. The molecule has 26 heavy (non-hydrogen) atoms. The summed E-state index contributed by atoms with van der Waals surface area (Å²) in [4.78, 5) is 29.5. The molecule has 2 heterocycles. The number of aryl methyl sites for hydroxylation is 1. The predicted octanol–water partition coefficient (Wildman–Crippen LogP) is 1.67. The number of aromatic nitrogens is 3. The van der Waals surface area contributed by atoms with Gasteiger partial charge in [0.05, 0.1) is 18.2 Å². The van der Waals surface area contributed by atoms with Crippen LogP contribution >= 0.6 is 0 Å². The van der Waals surface area contributed by atoms with E-state index >= 15 is 0 Å². The van der Waals surface area contributed by atoms with Crippen LogP contribution in [0.15, 0.2) is 30.9 Å². The van der Waals surface area contributed by atoms with Crippen molar-refractivity contribution in [2.45, 2.75) is 32.3 Å². The number of carbonyl (C=O) groups excluding carboxylic acids is 1. The van der Waals surface area contributed by atoms with Gasteiger partial charge in [0.2, 0.25) is 0 Å². The van der Waals surface area contributed by atoms with Crippen LogP contribution in [0, 0.1) is 6.92 Å². The molecule has 1 aromatic carbocycles. The van der Waals surface area contributed by atoms with Crippen LogP contribution < -0.4 is 0 Å². The van der Waals surface area contributed by atoms with Gasteiger partial charge in [0.25, 0.3) is 5.91 Å². The second-order valence-electron chi connectivity index (χ2n) is 6.37. The van der Waals surface area contributed by atoms with Crippen molar-refractivity contribution < 1.29 is 19.4 Å². The lowest BCUT2D eigenvalue weighted by Crippen LogP contribution is -2.39. The highest BCUT2D eigenvalue weighted by Gasteiger charge is 2.25. The lowest BCUT2D eigenvalue weighted by Gasteiger charge is -2.25. The zero-order chi connectivity index (χ0) is 18.5. The van der Waals surface area contributed by atoms with E-state index in [1.165, 1.54) is 6.33 Å². The minimum atomic E-state index is -0.923. The Morgan fingerprint density at radius 3 is 2.88 bits per heavy atom. The number of benzene rings is 1. The Hall–Kier alpha value is -2.74. The Morgan fingerprint density at radius 1 is 1.42 bits per heavy atom. The molecule has 1 aliphatic heterocycles. The lowest BCUT2D eigenvalue weighted by atomic mass is 10.1. The highest BCUT2D eigenvalue weighted by molar-refractivity contribution is 5.96. The highest BCUT2D eigenvalue weighted by atomic mass is 16.5. The number of hydrogen-bond donors (Lipinski definition) is 1. The molecule has 1 saturated heterocycles. The molecule has 0 saturated carbocycles. The standard InChI is InChI=1S/C18H22N4O4/c1-13-9-14(22-12-19-11-20-22)4-5-16(13)18(25)21(7-6-17(23)24)10-15-3-2-8-26-15/h4-5,9,11-12,15H,2-3,6-8,10H2,1H3,(H,23,24)/t15-/m0/s1. The fraction of sp³-hybridized carbons (Fsp3) is 0.444. The van der Waals surface area contributed by atoms with Crippen LogP contribution in [-0.4, -0.2) is 62.4 Å². The third kappa shape index (κ3) is 4.26. The summed E-state index contributed by atoms with van der Waals surface area (Å²) in [6.07, 6.45) is 4.78. The summed E-state index contributed by atoms with van der Waals surface area (Å²) in [7, 11) is 0. The van der Waals surface area contributed by atoms with Crippen molar-refractivity contribution in [1.82, 2.24) is 19.7 Å². The first-order valence-electron chi connectivity index (χ1n) is 8.63. The van der Waals surface area contributed by atoms with Gasteiger partial charge in [-0.1, -0.05) is 0 Å². The van der Waals surface area contributed by atoms with Crippen molar-refractivity contribution >= 4 is 11.9 Å². The third-order valence-corrected chi connectivity index (χ3v) is 4.45. The Bertz CT molecular complexity index is 770. The van der Waals surface area contributed by atoms with Crippen LogP contribution in [0.4, 0.5) is 0 Å². The number of ether oxygens (including phenoxy) is 1. The minimum absolute atomic E-state index is 0.0255. The number of carboxylic acids is 1. The van der Waals surface area contributed by atoms with Crippen LogP contribution in [0.3, 0.4) is 0 Å². The second-order valence-corrected chi connectivity index (χ2v) is 6.37. The largest absolute Gasteiger partial charge is 0.481 e. The molecule has 0 bridgehead atoms. The van der Waals surface area contributed by atoms with Crippen molar-refractivity contribution in [2.24, 2.45) is 0 Å². The van der Waals surface area contributed by atoms with E-state index in [4.69, 9.17) is 9.84 Å². The van der Waals surface area contributed by atoms with E-state index in [1.54, 1.807) is 28.0 Å². The van der Waals surface area contributed by atoms with E-state index in [2.05, 4.69) is 10.1 Å². The van der Waals surface area contributed by atoms with Gasteiger partial charge in [-0.05, 0) is 43.5 Å². The van der Waals surface area contributed by atoms with Gasteiger partial charge in [0.1, 0.15) is 12.7 Å². The highest BCUT2D eigenvalue weighted by Crippen LogP contribution is 2.19. The maximum Gasteiger partial charge on any atom is 0.305 e. The molecule has 1 aromatic heterocycles. The quantitative estimate of drug-likeness (QED) is 0.809. The van der Waals surface area contributed by atoms with Gasteiger partial charge in [0.15, 0.2) is 0 Å². The molecule has 138 valence electrons. The molecule has 1 atom stereocenters. The third-order valence-electron chi connectivity index (χ3n) is 4.45. The first kappa shape index (κ1) is 18.1. The second kappa shape index (κ2) is 8.09. The van der Waals surface area contributed by atoms with Gasteiger partial charge in [-0.15, -0.1) is 0 Å². The van der Waals surface area contributed by atoms with Crippen LogP contribution in [0.1, 0.15) is 35.2 Å². The molecule has 0 spiro atoms. The molecule has 1 aliphatic rings. The molecule has 8 heteroatoms. The van der Waals surface area contributed by atoms with E-state index in [9.17, 15) is 9.59 Å². The molecule has 1 N–H and O–H groups in total. The van der Waals surface area contributed by atoms with Crippen LogP contribution in [-0.2, 0) is 9.53 Å². The van der Waals surface area contributed by atoms with Crippen molar-refractivity contribution in [3.05, 3.63) is 42.0 Å². The van der Waals surface area contributed by atoms with Gasteiger partial charge in [0, 0.05) is 25.3 Å². The molecular formula is C18H22N4O4. The van der Waals surface area contributed by atoms with Gasteiger partial charge in [-0.2, -0.15) is 5.10 Å². The smallest absolute Gasteiger partial charge is 0.305 e. The molecule has 1 amide bonds. The van der Waals surface area contributed by atoms with Crippen LogP contribution in [0.25, 0.3) is 5.69 Å². The van der Waals surface area contributed by atoms with E-state index in [1.807, 2.05) is 13.0 Å². The van der Waals surface area contributed by atoms with E-state index < -0.39 is 5.97 Å². The average Bonchev–Trinajstić information content (AvgIpc) is 3.31. The van der Waals surface area contributed by atoms with Gasteiger partial charge >= 0.3 is 5.97 Å². The normalized spacial score (nSPS) is 16.6. The summed E-state index contributed by atoms with van der Waals surface area (Å²) < 4.78 is 7.24. The molecule has 0 unspecified atom stereocenters. The number of carboxylic acid groups (broad SMARTS) is 1. The number of carbonyl (C=O) groups is 2. The Labute approximate surface area is 151 Å². The molecule has 0 aliphatic carbocycles. The fourth-order valence-corrected chi connectivity index (χ4v) is 3.08. The van der Waals surface area contributed by atoms with Crippen molar-refractivity contribution in [3.63, 3.8) is 0 Å². The molecule has 2 aromatic rings. The Balaban J connectivity index is 1.79. The van der Waals surface area contributed by atoms with Crippen LogP contribution in [0.2, 0.25) is 0 Å². The van der Waals surface area contributed by atoms with Gasteiger partial charge in [-0.25, -0.2) is 9.67 Å². The Kier molecular flexibility index (Phi) is 5.62. The van der Waals surface area contributed by atoms with Gasteiger partial charge < -0.3 is 14.7 Å². The first-order valence-corrected chi connectivity index (χ1v) is 8.63. The predicted molar refractivity (Wildman–Crippen MR) is 93.2 cm³/mol. The maximum absolute atomic E-state index is 13.0. The minimum Gasteiger partial charge on any atom is -0.481 e. The molecule has 3 rings (SSSR count). The summed E-state index contributed by atoms with van der Waals surface area (Å²) in [6, 6.07) is 5.41. The summed E-state index contributed by atoms with van der Waals surface area (Å²) in [6.45, 7) is 3.13. The summed E-state index contributed by atoms with van der Waals surface area (Å²) >= 11 is 0. The molecule has 8 nitrogen and oxygen atoms in total. The summed E-state index contributed by atoms with van der Waals surface area (Å²) in [5.74, 6) is -1.10. The van der Waals surface area contributed by atoms with Crippen molar-refractivity contribution in [1.29, 1.82) is 0 Å². The Morgan fingerprint density at radius 2 is 2.27 bits per heavy atom. The summed E-state index contributed by atoms with van der Waals surface area (Å²) in [5.41, 5.74) is 2.17. The summed E-state index contributed by atoms with van der Waals surface area (Å²) in [5, 5.41) is 13.1. The lowest BCUT2D eigenvalue weighted by molar-refractivity contribution is -0.137.